The lowest BCUT2D eigenvalue weighted by Gasteiger charge is -2.20. The second-order valence-electron chi connectivity index (χ2n) is 4.08. The van der Waals surface area contributed by atoms with Crippen molar-refractivity contribution in [3.05, 3.63) is 34.4 Å². The van der Waals surface area contributed by atoms with Gasteiger partial charge in [0.2, 0.25) is 0 Å². The normalized spacial score (nSPS) is 15.3. The third-order valence-electron chi connectivity index (χ3n) is 2.59. The first-order chi connectivity index (χ1) is 6.43. The molecule has 0 unspecified atom stereocenters. The van der Waals surface area contributed by atoms with Gasteiger partial charge in [-0.1, -0.05) is 17.7 Å². The molecule has 0 saturated heterocycles. The molecule has 2 heteroatoms. The fourth-order valence-corrected chi connectivity index (χ4v) is 1.96. The number of hydrogen-bond acceptors (Lipinski definition) is 2. The third-order valence-corrected chi connectivity index (χ3v) is 2.59. The van der Waals surface area contributed by atoms with Crippen LogP contribution in [0.25, 0.3) is 0 Å². The second-order valence-corrected chi connectivity index (χ2v) is 4.08. The first kappa shape index (κ1) is 11.2. The van der Waals surface area contributed by atoms with E-state index in [1.165, 1.54) is 5.56 Å². The maximum Gasteiger partial charge on any atom is 0.0704 e. The van der Waals surface area contributed by atoms with Crippen molar-refractivity contribution < 1.29 is 5.11 Å². The van der Waals surface area contributed by atoms with Gasteiger partial charge < -0.3 is 10.8 Å². The van der Waals surface area contributed by atoms with Crippen molar-refractivity contribution in [3.8, 4) is 0 Å². The third kappa shape index (κ3) is 2.14. The minimum atomic E-state index is -0.505. The van der Waals surface area contributed by atoms with Crippen LogP contribution in [0.4, 0.5) is 0 Å². The predicted octanol–water partition coefficient (Wildman–Crippen LogP) is 1.99. The molecule has 3 N–H and O–H groups in total. The van der Waals surface area contributed by atoms with Crippen LogP contribution in [0.5, 0.6) is 0 Å². The predicted molar refractivity (Wildman–Crippen MR) is 59.3 cm³/mol. The molecule has 1 aromatic carbocycles. The van der Waals surface area contributed by atoms with Gasteiger partial charge in [0, 0.05) is 0 Å². The van der Waals surface area contributed by atoms with Crippen LogP contribution in [0.15, 0.2) is 12.1 Å². The summed E-state index contributed by atoms with van der Waals surface area (Å²) in [4.78, 5) is 0. The number of hydrogen-bond donors (Lipinski definition) is 2. The molecule has 0 aliphatic rings. The fourth-order valence-electron chi connectivity index (χ4n) is 1.96. The summed E-state index contributed by atoms with van der Waals surface area (Å²) in [5.41, 5.74) is 10.6. The quantitative estimate of drug-likeness (QED) is 0.754. The second kappa shape index (κ2) is 4.11. The molecule has 0 heterocycles. The monoisotopic (exact) mass is 193 g/mol. The van der Waals surface area contributed by atoms with Gasteiger partial charge >= 0.3 is 0 Å². The van der Waals surface area contributed by atoms with Crippen LogP contribution in [-0.2, 0) is 0 Å². The maximum atomic E-state index is 9.47. The number of rotatable bonds is 2. The van der Waals surface area contributed by atoms with Crippen molar-refractivity contribution in [2.24, 2.45) is 5.73 Å². The van der Waals surface area contributed by atoms with Crippen LogP contribution in [0.3, 0.4) is 0 Å². The zero-order valence-corrected chi connectivity index (χ0v) is 9.33. The van der Waals surface area contributed by atoms with E-state index in [-0.39, 0.29) is 6.04 Å². The van der Waals surface area contributed by atoms with Gasteiger partial charge in [0.15, 0.2) is 0 Å². The molecular weight excluding hydrogens is 174 g/mol. The lowest BCUT2D eigenvalue weighted by molar-refractivity contribution is 0.163. The first-order valence-electron chi connectivity index (χ1n) is 4.95. The number of aliphatic hydroxyl groups is 1. The molecule has 0 saturated carbocycles. The molecule has 1 rings (SSSR count). The van der Waals surface area contributed by atoms with Gasteiger partial charge in [-0.2, -0.15) is 0 Å². The Kier molecular flexibility index (Phi) is 3.29. The molecule has 1 aromatic rings. The van der Waals surface area contributed by atoms with E-state index in [2.05, 4.69) is 19.1 Å². The van der Waals surface area contributed by atoms with Crippen LogP contribution in [-0.4, -0.2) is 11.2 Å². The van der Waals surface area contributed by atoms with Gasteiger partial charge in [-0.15, -0.1) is 0 Å². The molecule has 0 aliphatic carbocycles. The van der Waals surface area contributed by atoms with Gasteiger partial charge in [0.05, 0.1) is 12.1 Å². The highest BCUT2D eigenvalue weighted by molar-refractivity contribution is 5.39. The SMILES string of the molecule is Cc1cc(C)c([C@H](N)[C@H](C)O)c(C)c1. The molecule has 0 spiro atoms. The zero-order valence-electron chi connectivity index (χ0n) is 9.33. The van der Waals surface area contributed by atoms with Crippen LogP contribution in [0.1, 0.15) is 35.2 Å². The fraction of sp³-hybridized carbons (Fsp3) is 0.500. The standard InChI is InChI=1S/C12H19NO/c1-7-5-8(2)11(9(3)6-7)12(13)10(4)14/h5-6,10,12,14H,13H2,1-4H3/t10-,12+/m0/s1. The zero-order chi connectivity index (χ0) is 10.9. The number of aliphatic hydroxyl groups excluding tert-OH is 1. The average molecular weight is 193 g/mol. The van der Waals surface area contributed by atoms with Gasteiger partial charge in [-0.25, -0.2) is 0 Å². The minimum Gasteiger partial charge on any atom is -0.391 e. The highest BCUT2D eigenvalue weighted by Crippen LogP contribution is 2.23. The highest BCUT2D eigenvalue weighted by Gasteiger charge is 2.16. The molecule has 0 fully saturated rings. The summed E-state index contributed by atoms with van der Waals surface area (Å²) in [6.07, 6.45) is -0.505. The summed E-state index contributed by atoms with van der Waals surface area (Å²) in [6.45, 7) is 7.87. The molecular formula is C12H19NO. The van der Waals surface area contributed by atoms with Crippen LogP contribution in [0, 0.1) is 20.8 Å². The Labute approximate surface area is 85.8 Å². The van der Waals surface area contributed by atoms with Crippen molar-refractivity contribution >= 4 is 0 Å². The summed E-state index contributed by atoms with van der Waals surface area (Å²) in [5, 5.41) is 9.47. The van der Waals surface area contributed by atoms with Crippen LogP contribution >= 0.6 is 0 Å². The van der Waals surface area contributed by atoms with Crippen LogP contribution in [0.2, 0.25) is 0 Å². The van der Waals surface area contributed by atoms with E-state index >= 15 is 0 Å². The van der Waals surface area contributed by atoms with E-state index in [1.807, 2.05) is 13.8 Å². The van der Waals surface area contributed by atoms with Crippen molar-refractivity contribution in [1.29, 1.82) is 0 Å². The minimum absolute atomic E-state index is 0.282. The van der Waals surface area contributed by atoms with E-state index in [9.17, 15) is 5.11 Å². The van der Waals surface area contributed by atoms with Crippen molar-refractivity contribution in [1.82, 2.24) is 0 Å². The number of nitrogens with two attached hydrogens (primary N) is 1. The smallest absolute Gasteiger partial charge is 0.0704 e. The molecule has 0 amide bonds. The Morgan fingerprint density at radius 2 is 1.57 bits per heavy atom. The Morgan fingerprint density at radius 3 is 1.93 bits per heavy atom. The van der Waals surface area contributed by atoms with Gasteiger partial charge in [0.25, 0.3) is 0 Å². The molecule has 14 heavy (non-hydrogen) atoms. The molecule has 0 radical (unpaired) electrons. The Bertz CT molecular complexity index is 308. The summed E-state index contributed by atoms with van der Waals surface area (Å²) >= 11 is 0. The average Bonchev–Trinajstić information content (AvgIpc) is 2.01. The largest absolute Gasteiger partial charge is 0.391 e. The molecule has 2 nitrogen and oxygen atoms in total. The number of benzene rings is 1. The summed E-state index contributed by atoms with van der Waals surface area (Å²) in [7, 11) is 0. The molecule has 78 valence electrons. The first-order valence-corrected chi connectivity index (χ1v) is 4.95. The summed E-state index contributed by atoms with van der Waals surface area (Å²) in [5.74, 6) is 0. The van der Waals surface area contributed by atoms with Gasteiger partial charge in [-0.3, -0.25) is 0 Å². The summed E-state index contributed by atoms with van der Waals surface area (Å²) in [6, 6.07) is 3.92. The Hall–Kier alpha value is -0.860. The van der Waals surface area contributed by atoms with Crippen molar-refractivity contribution in [2.45, 2.75) is 39.8 Å². The van der Waals surface area contributed by atoms with Crippen molar-refractivity contribution in [2.75, 3.05) is 0 Å². The van der Waals surface area contributed by atoms with Gasteiger partial charge in [-0.05, 0) is 44.4 Å². The molecule has 0 bridgehead atoms. The van der Waals surface area contributed by atoms with E-state index in [0.29, 0.717) is 0 Å². The highest BCUT2D eigenvalue weighted by atomic mass is 16.3. The topological polar surface area (TPSA) is 46.2 Å². The Morgan fingerprint density at radius 1 is 1.14 bits per heavy atom. The van der Waals surface area contributed by atoms with E-state index in [4.69, 9.17) is 5.73 Å². The molecule has 0 aromatic heterocycles. The lowest BCUT2D eigenvalue weighted by atomic mass is 9.92. The van der Waals surface area contributed by atoms with Gasteiger partial charge in [0.1, 0.15) is 0 Å². The number of aryl methyl sites for hydroxylation is 3. The van der Waals surface area contributed by atoms with E-state index in [0.717, 1.165) is 16.7 Å². The van der Waals surface area contributed by atoms with E-state index < -0.39 is 6.10 Å². The maximum absolute atomic E-state index is 9.47. The van der Waals surface area contributed by atoms with Crippen molar-refractivity contribution in [3.63, 3.8) is 0 Å². The molecule has 0 aliphatic heterocycles. The Balaban J connectivity index is 3.20. The van der Waals surface area contributed by atoms with Crippen LogP contribution < -0.4 is 5.73 Å². The summed E-state index contributed by atoms with van der Waals surface area (Å²) < 4.78 is 0. The molecule has 2 atom stereocenters. The lowest BCUT2D eigenvalue weighted by Crippen LogP contribution is -2.25. The van der Waals surface area contributed by atoms with E-state index in [1.54, 1.807) is 6.92 Å².